The zero-order valence-corrected chi connectivity index (χ0v) is 12.0. The fraction of sp³-hybridized carbons (Fsp3) is 0.467. The van der Waals surface area contributed by atoms with Crippen molar-refractivity contribution in [2.75, 3.05) is 25.0 Å². The molecule has 0 aliphatic carbocycles. The van der Waals surface area contributed by atoms with Crippen LogP contribution < -0.4 is 10.1 Å². The Morgan fingerprint density at radius 3 is 2.71 bits per heavy atom. The predicted molar refractivity (Wildman–Crippen MR) is 78.5 cm³/mol. The summed E-state index contributed by atoms with van der Waals surface area (Å²) in [6.45, 7) is 3.25. The minimum Gasteiger partial charge on any atom is -0.494 e. The molecular formula is C15H20N2O4. The van der Waals surface area contributed by atoms with Crippen LogP contribution in [0.15, 0.2) is 24.3 Å². The number of aliphatic carboxylic acids is 1. The van der Waals surface area contributed by atoms with Crippen LogP contribution in [0.5, 0.6) is 5.75 Å². The Hall–Kier alpha value is -2.08. The highest BCUT2D eigenvalue weighted by Crippen LogP contribution is 2.18. The van der Waals surface area contributed by atoms with Gasteiger partial charge in [-0.25, -0.2) is 0 Å². The van der Waals surface area contributed by atoms with Crippen molar-refractivity contribution >= 4 is 17.6 Å². The van der Waals surface area contributed by atoms with Crippen molar-refractivity contribution in [3.05, 3.63) is 24.3 Å². The molecule has 1 aromatic carbocycles. The second-order valence-corrected chi connectivity index (χ2v) is 4.97. The minimum atomic E-state index is -0.860. The summed E-state index contributed by atoms with van der Waals surface area (Å²) >= 11 is 0. The molecule has 1 amide bonds. The van der Waals surface area contributed by atoms with E-state index in [-0.39, 0.29) is 12.5 Å². The van der Waals surface area contributed by atoms with Crippen LogP contribution in [0.25, 0.3) is 0 Å². The first-order chi connectivity index (χ1) is 10.1. The molecule has 1 unspecified atom stereocenters. The van der Waals surface area contributed by atoms with Gasteiger partial charge in [0.25, 0.3) is 0 Å². The van der Waals surface area contributed by atoms with Gasteiger partial charge in [0.05, 0.1) is 13.2 Å². The van der Waals surface area contributed by atoms with E-state index in [9.17, 15) is 9.59 Å². The number of hydrogen-bond donors (Lipinski definition) is 2. The highest BCUT2D eigenvalue weighted by Gasteiger charge is 2.31. The van der Waals surface area contributed by atoms with Crippen molar-refractivity contribution in [1.82, 2.24) is 4.90 Å². The molecule has 6 heteroatoms. The fourth-order valence-electron chi connectivity index (χ4n) is 2.48. The molecule has 0 spiro atoms. The third kappa shape index (κ3) is 4.19. The number of anilines is 1. The number of nitrogens with one attached hydrogen (secondary N) is 1. The first-order valence-electron chi connectivity index (χ1n) is 7.09. The van der Waals surface area contributed by atoms with Gasteiger partial charge in [0.1, 0.15) is 11.8 Å². The number of likely N-dealkylation sites (tertiary alicyclic amines) is 1. The van der Waals surface area contributed by atoms with Gasteiger partial charge in [-0.3, -0.25) is 14.5 Å². The SMILES string of the molecule is CCOc1ccc(NC(=O)CN2CCCC2C(=O)O)cc1. The molecule has 1 atom stereocenters. The first kappa shape index (κ1) is 15.3. The van der Waals surface area contributed by atoms with E-state index in [0.29, 0.717) is 25.3 Å². The maximum absolute atomic E-state index is 12.0. The van der Waals surface area contributed by atoms with Gasteiger partial charge in [-0.05, 0) is 50.6 Å². The molecule has 0 bridgehead atoms. The maximum atomic E-state index is 12.0. The molecule has 1 heterocycles. The number of nitrogens with zero attached hydrogens (tertiary/aromatic N) is 1. The average Bonchev–Trinajstić information content (AvgIpc) is 2.89. The number of carboxylic acid groups (broad SMARTS) is 1. The van der Waals surface area contributed by atoms with E-state index in [0.717, 1.165) is 12.2 Å². The number of benzene rings is 1. The van der Waals surface area contributed by atoms with Crippen molar-refractivity contribution in [1.29, 1.82) is 0 Å². The molecule has 0 radical (unpaired) electrons. The van der Waals surface area contributed by atoms with E-state index in [1.807, 2.05) is 6.92 Å². The Morgan fingerprint density at radius 1 is 1.38 bits per heavy atom. The molecule has 2 N–H and O–H groups in total. The topological polar surface area (TPSA) is 78.9 Å². The zero-order valence-electron chi connectivity index (χ0n) is 12.0. The van der Waals surface area contributed by atoms with Gasteiger partial charge in [0.2, 0.25) is 5.91 Å². The van der Waals surface area contributed by atoms with Crippen molar-refractivity contribution in [2.45, 2.75) is 25.8 Å². The van der Waals surface area contributed by atoms with E-state index in [1.54, 1.807) is 29.2 Å². The summed E-state index contributed by atoms with van der Waals surface area (Å²) in [7, 11) is 0. The van der Waals surface area contributed by atoms with Crippen molar-refractivity contribution in [2.24, 2.45) is 0 Å². The summed E-state index contributed by atoms with van der Waals surface area (Å²) in [5, 5.41) is 11.8. The van der Waals surface area contributed by atoms with Gasteiger partial charge in [-0.15, -0.1) is 0 Å². The van der Waals surface area contributed by atoms with Gasteiger partial charge >= 0.3 is 5.97 Å². The Balaban J connectivity index is 1.88. The van der Waals surface area contributed by atoms with Gasteiger partial charge in [-0.2, -0.15) is 0 Å². The van der Waals surface area contributed by atoms with Crippen LogP contribution in [0.4, 0.5) is 5.69 Å². The fourth-order valence-corrected chi connectivity index (χ4v) is 2.48. The van der Waals surface area contributed by atoms with Gasteiger partial charge < -0.3 is 15.2 Å². The van der Waals surface area contributed by atoms with Crippen molar-refractivity contribution < 1.29 is 19.4 Å². The molecule has 1 aliphatic rings. The molecule has 0 saturated carbocycles. The zero-order chi connectivity index (χ0) is 15.2. The summed E-state index contributed by atoms with van der Waals surface area (Å²) in [5.74, 6) is -0.310. The number of ether oxygens (including phenoxy) is 1. The number of rotatable bonds is 6. The second-order valence-electron chi connectivity index (χ2n) is 4.97. The largest absolute Gasteiger partial charge is 0.494 e. The lowest BCUT2D eigenvalue weighted by molar-refractivity contribution is -0.142. The minimum absolute atomic E-state index is 0.101. The quantitative estimate of drug-likeness (QED) is 0.832. The smallest absolute Gasteiger partial charge is 0.320 e. The lowest BCUT2D eigenvalue weighted by atomic mass is 10.2. The van der Waals surface area contributed by atoms with E-state index < -0.39 is 12.0 Å². The highest BCUT2D eigenvalue weighted by molar-refractivity contribution is 5.92. The van der Waals surface area contributed by atoms with Crippen molar-refractivity contribution in [3.8, 4) is 5.75 Å². The van der Waals surface area contributed by atoms with Gasteiger partial charge in [0, 0.05) is 5.69 Å². The summed E-state index contributed by atoms with van der Waals surface area (Å²) < 4.78 is 5.33. The molecule has 1 saturated heterocycles. The molecule has 21 heavy (non-hydrogen) atoms. The molecule has 1 aromatic rings. The summed E-state index contributed by atoms with van der Waals surface area (Å²) in [6, 6.07) is 6.56. The molecule has 2 rings (SSSR count). The first-order valence-corrected chi connectivity index (χ1v) is 7.09. The Kier molecular flexibility index (Phi) is 5.16. The van der Waals surface area contributed by atoms with Gasteiger partial charge in [0.15, 0.2) is 0 Å². The number of carbonyl (C=O) groups excluding carboxylic acids is 1. The lowest BCUT2D eigenvalue weighted by Crippen LogP contribution is -2.40. The van der Waals surface area contributed by atoms with E-state index in [4.69, 9.17) is 9.84 Å². The molecule has 1 aliphatic heterocycles. The predicted octanol–water partition coefficient (Wildman–Crippen LogP) is 1.57. The number of hydrogen-bond acceptors (Lipinski definition) is 4. The van der Waals surface area contributed by atoms with E-state index >= 15 is 0 Å². The normalized spacial score (nSPS) is 18.4. The third-order valence-electron chi connectivity index (χ3n) is 3.44. The summed E-state index contributed by atoms with van der Waals surface area (Å²) in [6.07, 6.45) is 1.42. The number of amides is 1. The van der Waals surface area contributed by atoms with Crippen LogP contribution in [0.3, 0.4) is 0 Å². The molecular weight excluding hydrogens is 272 g/mol. The van der Waals surface area contributed by atoms with Crippen LogP contribution in [-0.4, -0.2) is 47.6 Å². The monoisotopic (exact) mass is 292 g/mol. The van der Waals surface area contributed by atoms with Crippen LogP contribution in [0, 0.1) is 0 Å². The summed E-state index contributed by atoms with van der Waals surface area (Å²) in [4.78, 5) is 24.7. The van der Waals surface area contributed by atoms with Crippen LogP contribution in [0.2, 0.25) is 0 Å². The maximum Gasteiger partial charge on any atom is 0.320 e. The molecule has 1 fully saturated rings. The molecule has 0 aromatic heterocycles. The third-order valence-corrected chi connectivity index (χ3v) is 3.44. The second kappa shape index (κ2) is 7.08. The standard InChI is InChI=1S/C15H20N2O4/c1-2-21-12-7-5-11(6-8-12)16-14(18)10-17-9-3-4-13(17)15(19)20/h5-8,13H,2-4,9-10H2,1H3,(H,16,18)(H,19,20). The van der Waals surface area contributed by atoms with Gasteiger partial charge in [-0.1, -0.05) is 0 Å². The molecule has 6 nitrogen and oxygen atoms in total. The average molecular weight is 292 g/mol. The lowest BCUT2D eigenvalue weighted by Gasteiger charge is -2.20. The number of carboxylic acids is 1. The van der Waals surface area contributed by atoms with Crippen molar-refractivity contribution in [3.63, 3.8) is 0 Å². The van der Waals surface area contributed by atoms with Crippen LogP contribution >= 0.6 is 0 Å². The Bertz CT molecular complexity index is 501. The highest BCUT2D eigenvalue weighted by atomic mass is 16.5. The Morgan fingerprint density at radius 2 is 2.10 bits per heavy atom. The summed E-state index contributed by atoms with van der Waals surface area (Å²) in [5.41, 5.74) is 0.675. The number of carbonyl (C=O) groups is 2. The van der Waals surface area contributed by atoms with Crippen LogP contribution in [-0.2, 0) is 9.59 Å². The van der Waals surface area contributed by atoms with E-state index in [2.05, 4.69) is 5.32 Å². The van der Waals surface area contributed by atoms with E-state index in [1.165, 1.54) is 0 Å². The molecule has 114 valence electrons. The van der Waals surface area contributed by atoms with Crippen LogP contribution in [0.1, 0.15) is 19.8 Å². The Labute approximate surface area is 123 Å².